The van der Waals surface area contributed by atoms with E-state index in [0.29, 0.717) is 19.6 Å². The molecule has 1 heterocycles. The van der Waals surface area contributed by atoms with Crippen LogP contribution in [0, 0.1) is 0 Å². The van der Waals surface area contributed by atoms with Crippen LogP contribution in [-0.2, 0) is 16.0 Å². The standard InChI is InChI=1S/C18H27N3O4/c1-18(12-22,13-23)20-16(24)11-15-17(25)19-8-10-21(15)9-7-14-5-3-2-4-6-14/h2-6,15,22-23H,7-13H2,1H3,(H,19,25)(H,20,24). The molecule has 1 aromatic carbocycles. The van der Waals surface area contributed by atoms with Crippen LogP contribution in [0.15, 0.2) is 30.3 Å². The van der Waals surface area contributed by atoms with E-state index in [9.17, 15) is 19.8 Å². The van der Waals surface area contributed by atoms with Crippen LogP contribution in [0.3, 0.4) is 0 Å². The minimum Gasteiger partial charge on any atom is -0.394 e. The predicted octanol–water partition coefficient (Wildman–Crippen LogP) is -0.721. The fraction of sp³-hybridized carbons (Fsp3) is 0.556. The maximum absolute atomic E-state index is 12.3. The topological polar surface area (TPSA) is 102 Å². The van der Waals surface area contributed by atoms with Crippen LogP contribution in [0.4, 0.5) is 0 Å². The van der Waals surface area contributed by atoms with Crippen molar-refractivity contribution in [2.45, 2.75) is 31.3 Å². The molecule has 138 valence electrons. The van der Waals surface area contributed by atoms with Crippen LogP contribution in [0.5, 0.6) is 0 Å². The molecule has 0 aromatic heterocycles. The number of carbonyl (C=O) groups excluding carboxylic acids is 2. The number of rotatable bonds is 8. The number of piperazine rings is 1. The molecule has 25 heavy (non-hydrogen) atoms. The molecular weight excluding hydrogens is 322 g/mol. The third-order valence-corrected chi connectivity index (χ3v) is 4.49. The summed E-state index contributed by atoms with van der Waals surface area (Å²) in [6, 6.07) is 9.46. The zero-order valence-corrected chi connectivity index (χ0v) is 14.6. The molecule has 2 rings (SSSR count). The zero-order valence-electron chi connectivity index (χ0n) is 14.6. The minimum absolute atomic E-state index is 0.00376. The highest BCUT2D eigenvalue weighted by Gasteiger charge is 2.33. The van der Waals surface area contributed by atoms with Crippen LogP contribution in [0.25, 0.3) is 0 Å². The van der Waals surface area contributed by atoms with E-state index in [-0.39, 0.29) is 31.4 Å². The molecular formula is C18H27N3O4. The van der Waals surface area contributed by atoms with Crippen molar-refractivity contribution in [1.82, 2.24) is 15.5 Å². The van der Waals surface area contributed by atoms with Gasteiger partial charge in [-0.15, -0.1) is 0 Å². The number of hydrogen-bond acceptors (Lipinski definition) is 5. The van der Waals surface area contributed by atoms with E-state index in [1.807, 2.05) is 35.2 Å². The van der Waals surface area contributed by atoms with Crippen molar-refractivity contribution in [1.29, 1.82) is 0 Å². The number of amides is 2. The van der Waals surface area contributed by atoms with Gasteiger partial charge in [-0.3, -0.25) is 14.5 Å². The molecule has 0 bridgehead atoms. The van der Waals surface area contributed by atoms with E-state index in [4.69, 9.17) is 0 Å². The van der Waals surface area contributed by atoms with Crippen LogP contribution >= 0.6 is 0 Å². The van der Waals surface area contributed by atoms with Crippen molar-refractivity contribution >= 4 is 11.8 Å². The lowest BCUT2D eigenvalue weighted by Gasteiger charge is -2.35. The molecule has 0 spiro atoms. The van der Waals surface area contributed by atoms with Gasteiger partial charge in [0.25, 0.3) is 0 Å². The monoisotopic (exact) mass is 349 g/mol. The van der Waals surface area contributed by atoms with Gasteiger partial charge in [0.05, 0.1) is 31.2 Å². The lowest BCUT2D eigenvalue weighted by atomic mass is 10.0. The lowest BCUT2D eigenvalue weighted by Crippen LogP contribution is -2.58. The van der Waals surface area contributed by atoms with Crippen LogP contribution in [0.1, 0.15) is 18.9 Å². The van der Waals surface area contributed by atoms with Gasteiger partial charge in [0.1, 0.15) is 0 Å². The Labute approximate surface area is 148 Å². The number of nitrogens with one attached hydrogen (secondary N) is 2. The SMILES string of the molecule is CC(CO)(CO)NC(=O)CC1C(=O)NCCN1CCc1ccccc1. The van der Waals surface area contributed by atoms with Gasteiger partial charge in [0.15, 0.2) is 0 Å². The Hall–Kier alpha value is -1.96. The second-order valence-electron chi connectivity index (χ2n) is 6.71. The van der Waals surface area contributed by atoms with Crippen LogP contribution in [0.2, 0.25) is 0 Å². The van der Waals surface area contributed by atoms with Crippen LogP contribution in [-0.4, -0.2) is 71.4 Å². The molecule has 1 saturated heterocycles. The highest BCUT2D eigenvalue weighted by Crippen LogP contribution is 2.12. The van der Waals surface area contributed by atoms with Crippen molar-refractivity contribution in [3.05, 3.63) is 35.9 Å². The molecule has 0 aliphatic carbocycles. The Bertz CT molecular complexity index is 575. The highest BCUT2D eigenvalue weighted by atomic mass is 16.3. The van der Waals surface area contributed by atoms with Crippen molar-refractivity contribution in [2.24, 2.45) is 0 Å². The van der Waals surface area contributed by atoms with Crippen molar-refractivity contribution in [3.8, 4) is 0 Å². The quantitative estimate of drug-likeness (QED) is 0.496. The zero-order chi connectivity index (χ0) is 18.3. The molecule has 1 unspecified atom stereocenters. The summed E-state index contributed by atoms with van der Waals surface area (Å²) >= 11 is 0. The fourth-order valence-electron chi connectivity index (χ4n) is 2.86. The Balaban J connectivity index is 1.96. The average Bonchev–Trinajstić information content (AvgIpc) is 2.63. The molecule has 0 saturated carbocycles. The van der Waals surface area contributed by atoms with Gasteiger partial charge in [0, 0.05) is 19.6 Å². The smallest absolute Gasteiger partial charge is 0.237 e. The number of nitrogens with zero attached hydrogens (tertiary/aromatic N) is 1. The summed E-state index contributed by atoms with van der Waals surface area (Å²) in [7, 11) is 0. The molecule has 0 radical (unpaired) electrons. The molecule has 7 heteroatoms. The average molecular weight is 349 g/mol. The predicted molar refractivity (Wildman–Crippen MR) is 93.9 cm³/mol. The Morgan fingerprint density at radius 3 is 2.64 bits per heavy atom. The minimum atomic E-state index is -1.09. The first-order valence-corrected chi connectivity index (χ1v) is 8.56. The summed E-state index contributed by atoms with van der Waals surface area (Å²) in [5.74, 6) is -0.526. The molecule has 2 amide bonds. The number of carbonyl (C=O) groups is 2. The number of benzene rings is 1. The van der Waals surface area contributed by atoms with Gasteiger partial charge in [-0.25, -0.2) is 0 Å². The van der Waals surface area contributed by atoms with Gasteiger partial charge < -0.3 is 20.8 Å². The molecule has 4 N–H and O–H groups in total. The van der Waals surface area contributed by atoms with Gasteiger partial charge in [0.2, 0.25) is 11.8 Å². The van der Waals surface area contributed by atoms with E-state index < -0.39 is 11.6 Å². The number of hydrogen-bond donors (Lipinski definition) is 4. The molecule has 1 aromatic rings. The Morgan fingerprint density at radius 2 is 2.00 bits per heavy atom. The van der Waals surface area contributed by atoms with E-state index in [2.05, 4.69) is 10.6 Å². The summed E-state index contributed by atoms with van der Waals surface area (Å²) in [5, 5.41) is 24.0. The second kappa shape index (κ2) is 8.94. The summed E-state index contributed by atoms with van der Waals surface area (Å²) in [6.07, 6.45) is 0.799. The molecule has 7 nitrogen and oxygen atoms in total. The van der Waals surface area contributed by atoms with E-state index in [0.717, 1.165) is 6.42 Å². The highest BCUT2D eigenvalue weighted by molar-refractivity contribution is 5.89. The maximum Gasteiger partial charge on any atom is 0.237 e. The van der Waals surface area contributed by atoms with Crippen molar-refractivity contribution in [2.75, 3.05) is 32.8 Å². The Morgan fingerprint density at radius 1 is 1.32 bits per heavy atom. The number of aliphatic hydroxyl groups is 2. The van der Waals surface area contributed by atoms with E-state index in [1.54, 1.807) is 6.92 Å². The largest absolute Gasteiger partial charge is 0.394 e. The number of aliphatic hydroxyl groups excluding tert-OH is 2. The first-order chi connectivity index (χ1) is 12.0. The normalized spacial score (nSPS) is 18.7. The van der Waals surface area contributed by atoms with Crippen molar-refractivity contribution < 1.29 is 19.8 Å². The molecule has 1 aliphatic heterocycles. The maximum atomic E-state index is 12.3. The Kier molecular flexibility index (Phi) is 6.92. The lowest BCUT2D eigenvalue weighted by molar-refractivity contribution is -0.135. The van der Waals surface area contributed by atoms with E-state index in [1.165, 1.54) is 5.56 Å². The summed E-state index contributed by atoms with van der Waals surface area (Å²) < 4.78 is 0. The first-order valence-electron chi connectivity index (χ1n) is 8.56. The summed E-state index contributed by atoms with van der Waals surface area (Å²) in [4.78, 5) is 26.5. The molecule has 1 aliphatic rings. The van der Waals surface area contributed by atoms with Gasteiger partial charge >= 0.3 is 0 Å². The molecule has 1 atom stereocenters. The molecule has 1 fully saturated rings. The fourth-order valence-corrected chi connectivity index (χ4v) is 2.86. The van der Waals surface area contributed by atoms with Crippen LogP contribution < -0.4 is 10.6 Å². The van der Waals surface area contributed by atoms with Gasteiger partial charge in [-0.05, 0) is 18.9 Å². The van der Waals surface area contributed by atoms with E-state index >= 15 is 0 Å². The van der Waals surface area contributed by atoms with Gasteiger partial charge in [-0.1, -0.05) is 30.3 Å². The summed E-state index contributed by atoms with van der Waals surface area (Å²) in [5.41, 5.74) is 0.0988. The van der Waals surface area contributed by atoms with Crippen molar-refractivity contribution in [3.63, 3.8) is 0 Å². The second-order valence-corrected chi connectivity index (χ2v) is 6.71. The third-order valence-electron chi connectivity index (χ3n) is 4.49. The first kappa shape index (κ1) is 19.4. The third kappa shape index (κ3) is 5.52. The van der Waals surface area contributed by atoms with Gasteiger partial charge in [-0.2, -0.15) is 0 Å². The summed E-state index contributed by atoms with van der Waals surface area (Å²) in [6.45, 7) is 2.75.